The van der Waals surface area contributed by atoms with Crippen LogP contribution in [0.4, 0.5) is 0 Å². The van der Waals surface area contributed by atoms with Crippen LogP contribution >= 0.6 is 7.82 Å². The molecule has 1 atom stereocenters. The molecule has 0 aliphatic heterocycles. The van der Waals surface area contributed by atoms with Crippen molar-refractivity contribution in [2.75, 3.05) is 19.8 Å². The number of phosphoric acid groups is 1. The summed E-state index contributed by atoms with van der Waals surface area (Å²) in [4.78, 5) is 0. The number of hydrogen-bond acceptors (Lipinski definition) is 5. The van der Waals surface area contributed by atoms with Gasteiger partial charge in [0.25, 0.3) is 0 Å². The summed E-state index contributed by atoms with van der Waals surface area (Å²) in [5, 5.41) is 0. The van der Waals surface area contributed by atoms with Gasteiger partial charge in [-0.3, -0.25) is 4.52 Å². The highest BCUT2D eigenvalue weighted by atomic mass is 31.2. The van der Waals surface area contributed by atoms with Crippen LogP contribution in [-0.2, 0) is 13.8 Å². The van der Waals surface area contributed by atoms with Gasteiger partial charge in [-0.25, -0.2) is 4.57 Å². The zero-order valence-electron chi connectivity index (χ0n) is 14.7. The van der Waals surface area contributed by atoms with Crippen molar-refractivity contribution < 1.29 is 22.9 Å². The van der Waals surface area contributed by atoms with Gasteiger partial charge in [0.15, 0.2) is 0 Å². The van der Waals surface area contributed by atoms with Crippen molar-refractivity contribution in [2.45, 2.75) is 26.7 Å². The first-order valence-electron chi connectivity index (χ1n) is 8.44. The molecule has 0 aliphatic rings. The fourth-order valence-electron chi connectivity index (χ4n) is 1.97. The van der Waals surface area contributed by atoms with Gasteiger partial charge in [-0.1, -0.05) is 49.2 Å². The fourth-order valence-corrected chi connectivity index (χ4v) is 3.17. The second-order valence-electron chi connectivity index (χ2n) is 5.56. The molecule has 0 spiro atoms. The summed E-state index contributed by atoms with van der Waals surface area (Å²) in [6.07, 6.45) is 2.05. The fraction of sp³-hybridized carbons (Fsp3) is 0.368. The number of hydrogen-bond donors (Lipinski definition) is 0. The van der Waals surface area contributed by atoms with Gasteiger partial charge in [0.05, 0.1) is 13.2 Å². The molecule has 25 heavy (non-hydrogen) atoms. The van der Waals surface area contributed by atoms with Gasteiger partial charge in [0, 0.05) is 6.61 Å². The summed E-state index contributed by atoms with van der Waals surface area (Å²) in [7, 11) is -3.81. The van der Waals surface area contributed by atoms with E-state index in [1.165, 1.54) is 0 Å². The minimum absolute atomic E-state index is 0.125. The molecular formula is C19H25O5P. The predicted molar refractivity (Wildman–Crippen MR) is 98.2 cm³/mol. The Morgan fingerprint density at radius 1 is 0.840 bits per heavy atom. The van der Waals surface area contributed by atoms with E-state index >= 15 is 0 Å². The third-order valence-corrected chi connectivity index (χ3v) is 4.69. The van der Waals surface area contributed by atoms with Crippen LogP contribution in [-0.4, -0.2) is 19.8 Å². The van der Waals surface area contributed by atoms with Crippen LogP contribution < -0.4 is 9.05 Å². The van der Waals surface area contributed by atoms with Crippen LogP contribution in [0, 0.1) is 6.92 Å². The average Bonchev–Trinajstić information content (AvgIpc) is 2.61. The molecule has 0 heterocycles. The average molecular weight is 364 g/mol. The van der Waals surface area contributed by atoms with Crippen molar-refractivity contribution in [3.63, 3.8) is 0 Å². The Hall–Kier alpha value is -1.81. The molecule has 0 fully saturated rings. The number of unbranched alkanes of at least 4 members (excludes halogenated alkanes) is 1. The first-order valence-corrected chi connectivity index (χ1v) is 9.90. The van der Waals surface area contributed by atoms with E-state index in [1.54, 1.807) is 36.4 Å². The molecule has 2 rings (SSSR count). The third-order valence-electron chi connectivity index (χ3n) is 3.32. The largest absolute Gasteiger partial charge is 0.587 e. The predicted octanol–water partition coefficient (Wildman–Crippen LogP) is 5.39. The van der Waals surface area contributed by atoms with Crippen LogP contribution in [0.3, 0.4) is 0 Å². The van der Waals surface area contributed by atoms with Crippen LogP contribution in [0.25, 0.3) is 0 Å². The topological polar surface area (TPSA) is 54.0 Å². The third kappa shape index (κ3) is 7.30. The molecule has 6 heteroatoms. The molecule has 0 saturated heterocycles. The maximum Gasteiger partial charge on any atom is 0.587 e. The molecule has 0 aromatic heterocycles. The van der Waals surface area contributed by atoms with Crippen molar-refractivity contribution in [2.24, 2.45) is 0 Å². The Morgan fingerprint density at radius 2 is 1.48 bits per heavy atom. The number of rotatable bonds is 11. The molecule has 136 valence electrons. The first-order chi connectivity index (χ1) is 12.1. The van der Waals surface area contributed by atoms with E-state index in [1.807, 2.05) is 25.1 Å². The summed E-state index contributed by atoms with van der Waals surface area (Å²) in [6.45, 7) is 5.17. The van der Waals surface area contributed by atoms with Crippen molar-refractivity contribution in [1.29, 1.82) is 0 Å². The first kappa shape index (κ1) is 19.5. The maximum atomic E-state index is 13.0. The lowest BCUT2D eigenvalue weighted by Gasteiger charge is -2.19. The van der Waals surface area contributed by atoms with Gasteiger partial charge in [-0.15, -0.1) is 0 Å². The highest BCUT2D eigenvalue weighted by molar-refractivity contribution is 7.49. The van der Waals surface area contributed by atoms with Gasteiger partial charge >= 0.3 is 7.82 Å². The molecule has 0 amide bonds. The lowest BCUT2D eigenvalue weighted by Crippen LogP contribution is -2.10. The van der Waals surface area contributed by atoms with E-state index in [4.69, 9.17) is 18.3 Å². The number of phosphoric ester groups is 1. The van der Waals surface area contributed by atoms with Gasteiger partial charge in [-0.2, -0.15) is 0 Å². The van der Waals surface area contributed by atoms with E-state index in [0.717, 1.165) is 18.4 Å². The van der Waals surface area contributed by atoms with Gasteiger partial charge in [0.2, 0.25) is 0 Å². The molecule has 0 saturated carbocycles. The molecule has 0 bridgehead atoms. The second kappa shape index (κ2) is 10.2. The Kier molecular flexibility index (Phi) is 7.99. The van der Waals surface area contributed by atoms with Crippen molar-refractivity contribution in [3.8, 4) is 11.5 Å². The van der Waals surface area contributed by atoms with Gasteiger partial charge in [-0.05, 0) is 37.6 Å². The summed E-state index contributed by atoms with van der Waals surface area (Å²) in [6, 6.07) is 16.0. The van der Waals surface area contributed by atoms with Crippen LogP contribution in [0.1, 0.15) is 25.3 Å². The monoisotopic (exact) mass is 364 g/mol. The summed E-state index contributed by atoms with van der Waals surface area (Å²) < 4.78 is 34.9. The lowest BCUT2D eigenvalue weighted by molar-refractivity contribution is 0.0865. The summed E-state index contributed by atoms with van der Waals surface area (Å²) in [5.74, 6) is 0.849. The number of aryl methyl sites for hydroxylation is 1. The Labute approximate surface area is 149 Å². The number of benzene rings is 2. The standard InChI is InChI=1S/C19H25O5P/c1-3-4-14-21-15-16-22-25(20,23-18-8-6-5-7-9-18)24-19-12-10-17(2)11-13-19/h5-13H,3-4,14-16H2,1-2H3. The Bertz CT molecular complexity index is 657. The summed E-state index contributed by atoms with van der Waals surface area (Å²) >= 11 is 0. The second-order valence-corrected chi connectivity index (χ2v) is 7.07. The highest BCUT2D eigenvalue weighted by Crippen LogP contribution is 2.49. The lowest BCUT2D eigenvalue weighted by atomic mass is 10.2. The highest BCUT2D eigenvalue weighted by Gasteiger charge is 2.30. The van der Waals surface area contributed by atoms with E-state index in [-0.39, 0.29) is 6.61 Å². The van der Waals surface area contributed by atoms with Gasteiger partial charge in [0.1, 0.15) is 11.5 Å². The van der Waals surface area contributed by atoms with Gasteiger partial charge < -0.3 is 13.8 Å². The minimum Gasteiger partial charge on any atom is -0.395 e. The maximum absolute atomic E-state index is 13.0. The van der Waals surface area contributed by atoms with E-state index in [9.17, 15) is 4.57 Å². The SMILES string of the molecule is CCCCOCCOP(=O)(Oc1ccccc1)Oc1ccc(C)cc1. The Balaban J connectivity index is 1.99. The number of ether oxygens (including phenoxy) is 1. The van der Waals surface area contributed by atoms with Crippen LogP contribution in [0.15, 0.2) is 54.6 Å². The molecular weight excluding hydrogens is 339 g/mol. The van der Waals surface area contributed by atoms with Crippen molar-refractivity contribution in [1.82, 2.24) is 0 Å². The quantitative estimate of drug-likeness (QED) is 0.395. The van der Waals surface area contributed by atoms with E-state index in [0.29, 0.717) is 24.7 Å². The summed E-state index contributed by atoms with van der Waals surface area (Å²) in [5.41, 5.74) is 1.08. The molecule has 2 aromatic carbocycles. The smallest absolute Gasteiger partial charge is 0.395 e. The van der Waals surface area contributed by atoms with E-state index < -0.39 is 7.82 Å². The van der Waals surface area contributed by atoms with Crippen molar-refractivity contribution >= 4 is 7.82 Å². The van der Waals surface area contributed by atoms with Crippen LogP contribution in [0.5, 0.6) is 11.5 Å². The molecule has 5 nitrogen and oxygen atoms in total. The Morgan fingerprint density at radius 3 is 2.12 bits per heavy atom. The van der Waals surface area contributed by atoms with Crippen LogP contribution in [0.2, 0.25) is 0 Å². The molecule has 0 N–H and O–H groups in total. The zero-order valence-corrected chi connectivity index (χ0v) is 15.6. The molecule has 2 aromatic rings. The minimum atomic E-state index is -3.81. The molecule has 0 radical (unpaired) electrons. The van der Waals surface area contributed by atoms with E-state index in [2.05, 4.69) is 6.92 Å². The molecule has 1 unspecified atom stereocenters. The van der Waals surface area contributed by atoms with Crippen molar-refractivity contribution in [3.05, 3.63) is 60.2 Å². The normalized spacial score (nSPS) is 13.2. The number of para-hydroxylation sites is 1. The zero-order chi connectivity index (χ0) is 18.0. The molecule has 0 aliphatic carbocycles.